The molecule has 2 heterocycles. The van der Waals surface area contributed by atoms with Crippen LogP contribution in [0.3, 0.4) is 0 Å². The number of ketones is 1. The second-order valence-electron chi connectivity index (χ2n) is 5.83. The average Bonchev–Trinajstić information content (AvgIpc) is 2.38. The average molecular weight is 243 g/mol. The van der Waals surface area contributed by atoms with Crippen LogP contribution in [0.25, 0.3) is 0 Å². The van der Waals surface area contributed by atoms with Crippen molar-refractivity contribution in [1.29, 1.82) is 0 Å². The number of Topliss-reactive ketones (excluding diaryl/α,β-unsaturated/α-hetero) is 1. The highest BCUT2D eigenvalue weighted by Gasteiger charge is 2.41. The predicted octanol–water partition coefficient (Wildman–Crippen LogP) is 2.97. The summed E-state index contributed by atoms with van der Waals surface area (Å²) in [7, 11) is 0. The van der Waals surface area contributed by atoms with Gasteiger partial charge in [-0.15, -0.1) is 0 Å². The van der Waals surface area contributed by atoms with Crippen molar-refractivity contribution in [3.05, 3.63) is 35.4 Å². The lowest BCUT2D eigenvalue weighted by Crippen LogP contribution is -2.53. The summed E-state index contributed by atoms with van der Waals surface area (Å²) >= 11 is 0. The molecule has 2 heteroatoms. The summed E-state index contributed by atoms with van der Waals surface area (Å²) in [4.78, 5) is 14.8. The Kier molecular flexibility index (Phi) is 2.98. The monoisotopic (exact) mass is 243 g/mol. The smallest absolute Gasteiger partial charge is 0.150 e. The van der Waals surface area contributed by atoms with Gasteiger partial charge in [0.15, 0.2) is 5.78 Å². The topological polar surface area (TPSA) is 20.3 Å². The van der Waals surface area contributed by atoms with Crippen molar-refractivity contribution in [2.45, 2.75) is 45.2 Å². The molecule has 0 saturated carbocycles. The third-order valence-electron chi connectivity index (χ3n) is 4.68. The molecule has 1 saturated heterocycles. The van der Waals surface area contributed by atoms with Crippen LogP contribution in [0.2, 0.25) is 0 Å². The van der Waals surface area contributed by atoms with Crippen molar-refractivity contribution >= 4 is 5.78 Å². The molecule has 0 amide bonds. The number of hydrogen-bond acceptors (Lipinski definition) is 2. The highest BCUT2D eigenvalue weighted by molar-refractivity contribution is 5.86. The SMILES string of the molecule is CCC(C)[C@H]1C(=O)C[C@H]2CN1Cc1ccccc12. The van der Waals surface area contributed by atoms with E-state index in [0.29, 0.717) is 17.6 Å². The van der Waals surface area contributed by atoms with E-state index in [1.807, 2.05) is 0 Å². The van der Waals surface area contributed by atoms with Crippen LogP contribution in [0, 0.1) is 5.92 Å². The Hall–Kier alpha value is -1.15. The number of piperidine rings is 1. The molecule has 96 valence electrons. The molecule has 0 spiro atoms. The minimum absolute atomic E-state index is 0.152. The Morgan fingerprint density at radius 1 is 1.39 bits per heavy atom. The van der Waals surface area contributed by atoms with Crippen LogP contribution < -0.4 is 0 Å². The van der Waals surface area contributed by atoms with Crippen LogP contribution in [0.5, 0.6) is 0 Å². The van der Waals surface area contributed by atoms with E-state index >= 15 is 0 Å². The first kappa shape index (κ1) is 11.9. The molecule has 0 aliphatic carbocycles. The van der Waals surface area contributed by atoms with Gasteiger partial charge in [-0.2, -0.15) is 0 Å². The van der Waals surface area contributed by atoms with Gasteiger partial charge in [-0.05, 0) is 17.0 Å². The Labute approximate surface area is 109 Å². The van der Waals surface area contributed by atoms with Gasteiger partial charge in [0, 0.05) is 25.4 Å². The summed E-state index contributed by atoms with van der Waals surface area (Å²) in [6.45, 7) is 6.41. The quantitative estimate of drug-likeness (QED) is 0.796. The predicted molar refractivity (Wildman–Crippen MR) is 72.5 cm³/mol. The maximum atomic E-state index is 12.4. The van der Waals surface area contributed by atoms with Gasteiger partial charge >= 0.3 is 0 Å². The third-order valence-corrected chi connectivity index (χ3v) is 4.68. The number of nitrogens with zero attached hydrogens (tertiary/aromatic N) is 1. The molecule has 2 unspecified atom stereocenters. The standard InChI is InChI=1S/C16H21NO/c1-3-11(2)16-15(18)8-13-10-17(16)9-12-6-4-5-7-14(12)13/h4-7,11,13,16H,3,8-10H2,1-2H3/t11?,13-,16-/m0/s1. The Morgan fingerprint density at radius 2 is 2.17 bits per heavy atom. The number of benzene rings is 1. The molecular formula is C16H21NO. The Bertz CT molecular complexity index is 468. The first-order valence-electron chi connectivity index (χ1n) is 7.05. The minimum atomic E-state index is 0.152. The number of carbonyl (C=O) groups is 1. The van der Waals surface area contributed by atoms with Gasteiger partial charge in [0.1, 0.15) is 0 Å². The fourth-order valence-electron chi connectivity index (χ4n) is 3.60. The zero-order chi connectivity index (χ0) is 12.7. The molecule has 0 N–H and O–H groups in total. The van der Waals surface area contributed by atoms with Crippen LogP contribution in [-0.4, -0.2) is 23.3 Å². The highest BCUT2D eigenvalue weighted by atomic mass is 16.1. The molecule has 0 aromatic heterocycles. The molecule has 2 aliphatic heterocycles. The van der Waals surface area contributed by atoms with Gasteiger partial charge in [0.05, 0.1) is 6.04 Å². The Balaban J connectivity index is 1.95. The van der Waals surface area contributed by atoms with Gasteiger partial charge in [-0.1, -0.05) is 44.5 Å². The highest BCUT2D eigenvalue weighted by Crippen LogP contribution is 2.38. The van der Waals surface area contributed by atoms with Crippen LogP contribution in [-0.2, 0) is 11.3 Å². The van der Waals surface area contributed by atoms with Crippen LogP contribution in [0.1, 0.15) is 43.7 Å². The number of carbonyl (C=O) groups excluding carboxylic acids is 1. The second kappa shape index (κ2) is 4.51. The number of rotatable bonds is 2. The molecule has 1 fully saturated rings. The molecule has 4 atom stereocenters. The molecule has 1 aromatic rings. The first-order valence-corrected chi connectivity index (χ1v) is 7.05. The lowest BCUT2D eigenvalue weighted by Gasteiger charge is -2.45. The maximum Gasteiger partial charge on any atom is 0.150 e. The lowest BCUT2D eigenvalue weighted by molar-refractivity contribution is -0.130. The van der Waals surface area contributed by atoms with E-state index in [9.17, 15) is 4.79 Å². The van der Waals surface area contributed by atoms with Crippen LogP contribution in [0.15, 0.2) is 24.3 Å². The summed E-state index contributed by atoms with van der Waals surface area (Å²) in [5, 5.41) is 0. The minimum Gasteiger partial charge on any atom is -0.298 e. The van der Waals surface area contributed by atoms with E-state index in [2.05, 4.69) is 43.0 Å². The summed E-state index contributed by atoms with van der Waals surface area (Å²) in [5.41, 5.74) is 2.83. The molecule has 2 bridgehead atoms. The number of hydrogen-bond donors (Lipinski definition) is 0. The molecular weight excluding hydrogens is 222 g/mol. The van der Waals surface area contributed by atoms with Gasteiger partial charge in [-0.3, -0.25) is 9.69 Å². The summed E-state index contributed by atoms with van der Waals surface area (Å²) in [6.07, 6.45) is 1.82. The van der Waals surface area contributed by atoms with Crippen molar-refractivity contribution in [2.24, 2.45) is 5.92 Å². The zero-order valence-electron chi connectivity index (χ0n) is 11.2. The molecule has 18 heavy (non-hydrogen) atoms. The van der Waals surface area contributed by atoms with Gasteiger partial charge < -0.3 is 0 Å². The largest absolute Gasteiger partial charge is 0.298 e. The molecule has 0 radical (unpaired) electrons. The van der Waals surface area contributed by atoms with E-state index < -0.39 is 0 Å². The van der Waals surface area contributed by atoms with Crippen molar-refractivity contribution in [3.8, 4) is 0 Å². The van der Waals surface area contributed by atoms with E-state index in [1.54, 1.807) is 0 Å². The van der Waals surface area contributed by atoms with Gasteiger partial charge in [-0.25, -0.2) is 0 Å². The number of fused-ring (bicyclic) bond motifs is 4. The second-order valence-corrected chi connectivity index (χ2v) is 5.83. The molecule has 3 rings (SSSR count). The first-order chi connectivity index (χ1) is 8.70. The van der Waals surface area contributed by atoms with Gasteiger partial charge in [0.2, 0.25) is 0 Å². The Morgan fingerprint density at radius 3 is 2.94 bits per heavy atom. The zero-order valence-corrected chi connectivity index (χ0v) is 11.2. The molecule has 1 aromatic carbocycles. The van der Waals surface area contributed by atoms with Crippen LogP contribution >= 0.6 is 0 Å². The summed E-state index contributed by atoms with van der Waals surface area (Å²) in [6, 6.07) is 8.78. The summed E-state index contributed by atoms with van der Waals surface area (Å²) in [5.74, 6) is 1.36. The van der Waals surface area contributed by atoms with E-state index in [4.69, 9.17) is 0 Å². The van der Waals surface area contributed by atoms with Crippen molar-refractivity contribution in [3.63, 3.8) is 0 Å². The van der Waals surface area contributed by atoms with Crippen molar-refractivity contribution in [2.75, 3.05) is 6.54 Å². The normalized spacial score (nSPS) is 31.9. The van der Waals surface area contributed by atoms with E-state index in [1.165, 1.54) is 11.1 Å². The lowest BCUT2D eigenvalue weighted by atomic mass is 9.77. The third kappa shape index (κ3) is 1.79. The fraction of sp³-hybridized carbons (Fsp3) is 0.562. The van der Waals surface area contributed by atoms with Crippen molar-refractivity contribution < 1.29 is 4.79 Å². The van der Waals surface area contributed by atoms with E-state index in [0.717, 1.165) is 25.9 Å². The fourth-order valence-corrected chi connectivity index (χ4v) is 3.60. The van der Waals surface area contributed by atoms with Crippen molar-refractivity contribution in [1.82, 2.24) is 4.90 Å². The molecule has 2 nitrogen and oxygen atoms in total. The van der Waals surface area contributed by atoms with E-state index in [-0.39, 0.29) is 6.04 Å². The maximum absolute atomic E-state index is 12.4. The van der Waals surface area contributed by atoms with Crippen LogP contribution in [0.4, 0.5) is 0 Å². The van der Waals surface area contributed by atoms with Gasteiger partial charge in [0.25, 0.3) is 0 Å². The summed E-state index contributed by atoms with van der Waals surface area (Å²) < 4.78 is 0. The molecule has 2 aliphatic rings.